The van der Waals surface area contributed by atoms with Crippen LogP contribution in [-0.4, -0.2) is 49.4 Å². The molecule has 1 aliphatic rings. The first-order chi connectivity index (χ1) is 18.7. The maximum Gasteiger partial charge on any atom is 0.259 e. The molecule has 0 aliphatic carbocycles. The molecule has 198 valence electrons. The Labute approximate surface area is 241 Å². The van der Waals surface area contributed by atoms with Gasteiger partial charge in [0, 0.05) is 53.5 Å². The van der Waals surface area contributed by atoms with Gasteiger partial charge in [-0.15, -0.1) is 0 Å². The number of fused-ring (bicyclic) bond motifs is 2. The van der Waals surface area contributed by atoms with Gasteiger partial charge in [0.15, 0.2) is 0 Å². The number of amides is 2. The van der Waals surface area contributed by atoms with E-state index in [1.807, 2.05) is 72.8 Å². The predicted octanol–water partition coefficient (Wildman–Crippen LogP) is 7.05. The molecule has 0 fully saturated rings. The third-order valence-corrected chi connectivity index (χ3v) is 7.58. The van der Waals surface area contributed by atoms with Crippen LogP contribution in [0.15, 0.2) is 71.2 Å². The summed E-state index contributed by atoms with van der Waals surface area (Å²) in [6, 6.07) is 20.8. The van der Waals surface area contributed by atoms with Crippen molar-refractivity contribution in [1.29, 1.82) is 0 Å². The zero-order chi connectivity index (χ0) is 27.7. The van der Waals surface area contributed by atoms with Crippen molar-refractivity contribution in [2.24, 2.45) is 0 Å². The number of methoxy groups -OCH3 is 1. The summed E-state index contributed by atoms with van der Waals surface area (Å²) in [6.07, 6.45) is 4.13. The minimum absolute atomic E-state index is 0.00322. The van der Waals surface area contributed by atoms with E-state index in [1.165, 1.54) is 0 Å². The first kappa shape index (κ1) is 26.9. The van der Waals surface area contributed by atoms with Crippen molar-refractivity contribution in [2.75, 3.05) is 32.6 Å². The quantitative estimate of drug-likeness (QED) is 0.237. The van der Waals surface area contributed by atoms with Crippen LogP contribution in [0.4, 0.5) is 5.69 Å². The molecule has 8 heteroatoms. The lowest BCUT2D eigenvalue weighted by atomic mass is 9.97. The van der Waals surface area contributed by atoms with Crippen LogP contribution in [-0.2, 0) is 4.79 Å². The Kier molecular flexibility index (Phi) is 7.73. The van der Waals surface area contributed by atoms with Gasteiger partial charge < -0.3 is 14.5 Å². The van der Waals surface area contributed by atoms with Crippen molar-refractivity contribution in [3.05, 3.63) is 98.6 Å². The molecule has 1 unspecified atom stereocenters. The summed E-state index contributed by atoms with van der Waals surface area (Å²) >= 11 is 9.87. The number of halogens is 2. The lowest BCUT2D eigenvalue weighted by Crippen LogP contribution is -2.31. The van der Waals surface area contributed by atoms with Gasteiger partial charge in [0.25, 0.3) is 5.91 Å². The summed E-state index contributed by atoms with van der Waals surface area (Å²) in [5, 5.41) is 1.32. The number of carbonyl (C=O) groups excluding carboxylic acids is 2. The lowest BCUT2D eigenvalue weighted by molar-refractivity contribution is -0.129. The van der Waals surface area contributed by atoms with Crippen molar-refractivity contribution < 1.29 is 14.3 Å². The molecule has 0 bridgehead atoms. The molecule has 1 aromatic heterocycles. The van der Waals surface area contributed by atoms with E-state index in [4.69, 9.17) is 21.3 Å². The van der Waals surface area contributed by atoms with Crippen molar-refractivity contribution >= 4 is 68.1 Å². The molecule has 2 amide bonds. The Bertz CT molecular complexity index is 1620. The maximum atomic E-state index is 14.2. The Morgan fingerprint density at radius 2 is 1.92 bits per heavy atom. The van der Waals surface area contributed by atoms with Crippen LogP contribution in [0, 0.1) is 0 Å². The highest BCUT2D eigenvalue weighted by atomic mass is 79.9. The van der Waals surface area contributed by atoms with Gasteiger partial charge in [-0.1, -0.05) is 45.7 Å². The summed E-state index contributed by atoms with van der Waals surface area (Å²) in [6.45, 7) is 0.390. The fourth-order valence-corrected chi connectivity index (χ4v) is 5.37. The van der Waals surface area contributed by atoms with E-state index in [0.717, 1.165) is 32.4 Å². The molecule has 5 rings (SSSR count). The van der Waals surface area contributed by atoms with Gasteiger partial charge >= 0.3 is 0 Å². The fourth-order valence-electron chi connectivity index (χ4n) is 4.83. The fraction of sp³-hybridized carbons (Fsp3) is 0.194. The summed E-state index contributed by atoms with van der Waals surface area (Å²) < 4.78 is 6.18. The number of pyridine rings is 1. The highest BCUT2D eigenvalue weighted by Gasteiger charge is 2.35. The maximum absolute atomic E-state index is 14.2. The molecular formula is C31H27BrClN3O3. The van der Waals surface area contributed by atoms with E-state index in [-0.39, 0.29) is 17.7 Å². The number of benzene rings is 3. The van der Waals surface area contributed by atoms with Crippen LogP contribution in [0.3, 0.4) is 0 Å². The molecule has 0 saturated carbocycles. The SMILES string of the molecule is COc1cccc(/C=C/c2cc(C(=O)N3CC(CC(=O)N(C)C)c4cc(Cl)ccc43)c3cc(Br)ccc3n2)c1. The molecule has 1 aliphatic heterocycles. The lowest BCUT2D eigenvalue weighted by Gasteiger charge is -2.20. The van der Waals surface area contributed by atoms with Crippen LogP contribution in [0.25, 0.3) is 23.1 Å². The molecule has 39 heavy (non-hydrogen) atoms. The number of aromatic nitrogens is 1. The van der Waals surface area contributed by atoms with E-state index in [2.05, 4.69) is 15.9 Å². The zero-order valence-electron chi connectivity index (χ0n) is 21.8. The predicted molar refractivity (Wildman–Crippen MR) is 161 cm³/mol. The van der Waals surface area contributed by atoms with Gasteiger partial charge in [-0.05, 0) is 71.8 Å². The standard InChI is InChI=1S/C31H27BrClN3O3/c1-35(2)30(37)14-20-18-36(29-12-9-22(33)16-25(20)29)31(38)27-17-23(34-28-11-8-21(32)15-26(27)28)10-7-19-5-4-6-24(13-19)39-3/h4-13,15-17,20H,14,18H2,1-3H3/b10-7+. The monoisotopic (exact) mass is 603 g/mol. The van der Waals surface area contributed by atoms with E-state index in [1.54, 1.807) is 37.1 Å². The molecular weight excluding hydrogens is 578 g/mol. The third-order valence-electron chi connectivity index (χ3n) is 6.85. The van der Waals surface area contributed by atoms with Crippen LogP contribution in [0.1, 0.15) is 39.5 Å². The van der Waals surface area contributed by atoms with E-state index in [9.17, 15) is 9.59 Å². The number of ether oxygens (including phenoxy) is 1. The molecule has 2 heterocycles. The second-order valence-corrected chi connectivity index (χ2v) is 11.0. The van der Waals surface area contributed by atoms with Crippen molar-refractivity contribution in [1.82, 2.24) is 9.88 Å². The number of nitrogens with zero attached hydrogens (tertiary/aromatic N) is 3. The van der Waals surface area contributed by atoms with Crippen LogP contribution in [0.2, 0.25) is 5.02 Å². The van der Waals surface area contributed by atoms with Crippen molar-refractivity contribution in [2.45, 2.75) is 12.3 Å². The largest absolute Gasteiger partial charge is 0.497 e. The zero-order valence-corrected chi connectivity index (χ0v) is 24.2. The summed E-state index contributed by atoms with van der Waals surface area (Å²) in [4.78, 5) is 34.9. The average molecular weight is 605 g/mol. The Balaban J connectivity index is 1.56. The molecule has 0 spiro atoms. The average Bonchev–Trinajstić information content (AvgIpc) is 3.28. The highest BCUT2D eigenvalue weighted by Crippen LogP contribution is 2.41. The van der Waals surface area contributed by atoms with Gasteiger partial charge in [0.05, 0.1) is 23.9 Å². The Morgan fingerprint density at radius 1 is 1.10 bits per heavy atom. The molecule has 1 atom stereocenters. The molecule has 6 nitrogen and oxygen atoms in total. The van der Waals surface area contributed by atoms with Crippen molar-refractivity contribution in [3.63, 3.8) is 0 Å². The summed E-state index contributed by atoms with van der Waals surface area (Å²) in [5.74, 6) is 0.465. The number of hydrogen-bond acceptors (Lipinski definition) is 4. The number of carbonyl (C=O) groups is 2. The molecule has 0 radical (unpaired) electrons. The third kappa shape index (κ3) is 5.70. The van der Waals surface area contributed by atoms with Gasteiger partial charge in [0.2, 0.25) is 5.91 Å². The van der Waals surface area contributed by atoms with Crippen LogP contribution < -0.4 is 9.64 Å². The normalized spacial score (nSPS) is 14.6. The highest BCUT2D eigenvalue weighted by molar-refractivity contribution is 9.10. The number of hydrogen-bond donors (Lipinski definition) is 0. The molecule has 4 aromatic rings. The Hall–Kier alpha value is -3.68. The van der Waals surface area contributed by atoms with Crippen LogP contribution in [0.5, 0.6) is 5.75 Å². The minimum Gasteiger partial charge on any atom is -0.497 e. The smallest absolute Gasteiger partial charge is 0.259 e. The van der Waals surface area contributed by atoms with E-state index in [0.29, 0.717) is 34.8 Å². The second-order valence-electron chi connectivity index (χ2n) is 9.67. The van der Waals surface area contributed by atoms with Crippen LogP contribution >= 0.6 is 27.5 Å². The summed E-state index contributed by atoms with van der Waals surface area (Å²) in [5.41, 5.74) is 4.54. The second kappa shape index (κ2) is 11.2. The first-order valence-corrected chi connectivity index (χ1v) is 13.6. The molecule has 0 saturated heterocycles. The minimum atomic E-state index is -0.153. The Morgan fingerprint density at radius 3 is 2.69 bits per heavy atom. The number of anilines is 1. The van der Waals surface area contributed by atoms with E-state index >= 15 is 0 Å². The molecule has 0 N–H and O–H groups in total. The number of rotatable bonds is 6. The van der Waals surface area contributed by atoms with Gasteiger partial charge in [-0.25, -0.2) is 4.98 Å². The van der Waals surface area contributed by atoms with Gasteiger partial charge in [0.1, 0.15) is 5.75 Å². The van der Waals surface area contributed by atoms with Gasteiger partial charge in [-0.2, -0.15) is 0 Å². The first-order valence-electron chi connectivity index (χ1n) is 12.5. The van der Waals surface area contributed by atoms with Gasteiger partial charge in [-0.3, -0.25) is 9.59 Å². The molecule has 3 aromatic carbocycles. The van der Waals surface area contributed by atoms with Crippen molar-refractivity contribution in [3.8, 4) is 5.75 Å². The summed E-state index contributed by atoms with van der Waals surface area (Å²) in [7, 11) is 5.11. The van der Waals surface area contributed by atoms with E-state index < -0.39 is 0 Å². The topological polar surface area (TPSA) is 62.7 Å².